The first kappa shape index (κ1) is 17.0. The largest absolute Gasteiger partial charge is 0.497 e. The number of rotatable bonds is 3. The van der Waals surface area contributed by atoms with Gasteiger partial charge in [-0.1, -0.05) is 30.3 Å². The van der Waals surface area contributed by atoms with E-state index < -0.39 is 11.7 Å². The third-order valence-corrected chi connectivity index (χ3v) is 4.03. The topological polar surface area (TPSA) is 38.8 Å². The van der Waals surface area contributed by atoms with Crippen molar-refractivity contribution in [3.05, 3.63) is 65.5 Å². The summed E-state index contributed by atoms with van der Waals surface area (Å²) in [4.78, 5) is 14.0. The molecule has 2 aromatic carbocycles. The molecule has 0 aromatic heterocycles. The molecule has 3 rings (SSSR count). The van der Waals surface area contributed by atoms with Gasteiger partial charge in [-0.3, -0.25) is 4.79 Å². The van der Waals surface area contributed by atoms with E-state index in [4.69, 9.17) is 9.47 Å². The normalized spacial score (nSPS) is 17.3. The number of benzene rings is 2. The van der Waals surface area contributed by atoms with Gasteiger partial charge in [0.2, 0.25) is 0 Å². The molecule has 5 heteroatoms. The molecule has 2 aromatic rings. The van der Waals surface area contributed by atoms with E-state index >= 15 is 0 Å². The van der Waals surface area contributed by atoms with Gasteiger partial charge in [0.1, 0.15) is 17.6 Å². The lowest BCUT2D eigenvalue weighted by molar-refractivity contribution is -0.129. The van der Waals surface area contributed by atoms with E-state index in [2.05, 4.69) is 0 Å². The molecule has 0 bridgehead atoms. The highest BCUT2D eigenvalue weighted by Gasteiger charge is 2.26. The predicted molar refractivity (Wildman–Crippen MR) is 94.0 cm³/mol. The number of ether oxygens (including phenoxy) is 2. The minimum absolute atomic E-state index is 0.248. The first-order chi connectivity index (χ1) is 12.1. The Morgan fingerprint density at radius 2 is 2.04 bits per heavy atom. The number of halogens is 1. The smallest absolute Gasteiger partial charge is 0.283 e. The van der Waals surface area contributed by atoms with Gasteiger partial charge in [0.15, 0.2) is 5.83 Å². The van der Waals surface area contributed by atoms with Crippen molar-refractivity contribution >= 4 is 12.0 Å². The van der Waals surface area contributed by atoms with Crippen molar-refractivity contribution < 1.29 is 18.7 Å². The highest BCUT2D eigenvalue weighted by Crippen LogP contribution is 2.30. The van der Waals surface area contributed by atoms with Gasteiger partial charge in [-0.05, 0) is 30.7 Å². The van der Waals surface area contributed by atoms with Gasteiger partial charge in [-0.15, -0.1) is 0 Å². The van der Waals surface area contributed by atoms with E-state index in [0.717, 1.165) is 5.56 Å². The minimum atomic E-state index is -0.782. The molecule has 25 heavy (non-hydrogen) atoms. The van der Waals surface area contributed by atoms with E-state index in [1.165, 1.54) is 11.0 Å². The van der Waals surface area contributed by atoms with Crippen LogP contribution in [0.25, 0.3) is 6.08 Å². The number of methoxy groups -OCH3 is 1. The summed E-state index contributed by atoms with van der Waals surface area (Å²) >= 11 is 0. The van der Waals surface area contributed by atoms with Gasteiger partial charge in [0, 0.05) is 18.2 Å². The zero-order valence-electron chi connectivity index (χ0n) is 14.2. The van der Waals surface area contributed by atoms with Crippen LogP contribution in [-0.4, -0.2) is 30.6 Å². The third kappa shape index (κ3) is 3.99. The standard InChI is InChI=1S/C20H20FNO3/c1-14-12-22(13-16-8-9-17(24-2)11-19(16)25-14)20(23)18(21)10-15-6-4-3-5-7-15/h3-11,14H,12-13H2,1-2H3/b18-10-/t14-/m1/s1. The predicted octanol–water partition coefficient (Wildman–Crippen LogP) is 3.82. The van der Waals surface area contributed by atoms with E-state index in [9.17, 15) is 9.18 Å². The number of nitrogens with zero attached hydrogens (tertiary/aromatic N) is 1. The summed E-state index contributed by atoms with van der Waals surface area (Å²) in [6.07, 6.45) is 1.01. The fraction of sp³-hybridized carbons (Fsp3) is 0.250. The molecule has 1 atom stereocenters. The first-order valence-electron chi connectivity index (χ1n) is 8.12. The van der Waals surface area contributed by atoms with Crippen molar-refractivity contribution in [3.63, 3.8) is 0 Å². The Labute approximate surface area is 146 Å². The molecule has 1 aliphatic rings. The zero-order valence-corrected chi connectivity index (χ0v) is 14.2. The lowest BCUT2D eigenvalue weighted by atomic mass is 10.1. The Morgan fingerprint density at radius 1 is 1.28 bits per heavy atom. The Bertz CT molecular complexity index is 789. The van der Waals surface area contributed by atoms with Crippen molar-refractivity contribution in [1.29, 1.82) is 0 Å². The Hall–Kier alpha value is -2.82. The monoisotopic (exact) mass is 341 g/mol. The molecule has 1 heterocycles. The Balaban J connectivity index is 1.84. The molecule has 1 aliphatic heterocycles. The molecule has 0 spiro atoms. The molecular formula is C20H20FNO3. The van der Waals surface area contributed by atoms with Crippen LogP contribution in [0, 0.1) is 0 Å². The number of fused-ring (bicyclic) bond motifs is 1. The summed E-state index contributed by atoms with van der Waals surface area (Å²) in [5.74, 6) is -0.0752. The fourth-order valence-corrected chi connectivity index (χ4v) is 2.80. The molecular weight excluding hydrogens is 321 g/mol. The molecule has 130 valence electrons. The van der Waals surface area contributed by atoms with Crippen molar-refractivity contribution in [3.8, 4) is 11.5 Å². The van der Waals surface area contributed by atoms with Gasteiger partial charge in [-0.2, -0.15) is 0 Å². The number of hydrogen-bond donors (Lipinski definition) is 0. The zero-order chi connectivity index (χ0) is 17.8. The summed E-state index contributed by atoms with van der Waals surface area (Å²) in [5.41, 5.74) is 1.48. The Morgan fingerprint density at radius 3 is 2.76 bits per heavy atom. The van der Waals surface area contributed by atoms with Gasteiger partial charge in [0.25, 0.3) is 5.91 Å². The average molecular weight is 341 g/mol. The number of carbonyl (C=O) groups is 1. The fourth-order valence-electron chi connectivity index (χ4n) is 2.80. The lowest BCUT2D eigenvalue weighted by Gasteiger charge is -2.21. The molecule has 0 N–H and O–H groups in total. The van der Waals surface area contributed by atoms with Crippen LogP contribution >= 0.6 is 0 Å². The number of hydrogen-bond acceptors (Lipinski definition) is 3. The molecule has 0 aliphatic carbocycles. The maximum absolute atomic E-state index is 14.4. The van der Waals surface area contributed by atoms with Crippen LogP contribution in [-0.2, 0) is 11.3 Å². The summed E-state index contributed by atoms with van der Waals surface area (Å²) in [6, 6.07) is 14.4. The summed E-state index contributed by atoms with van der Waals surface area (Å²) in [5, 5.41) is 0. The molecule has 0 saturated heterocycles. The van der Waals surface area contributed by atoms with Crippen molar-refractivity contribution in [1.82, 2.24) is 4.90 Å². The summed E-state index contributed by atoms with van der Waals surface area (Å²) < 4.78 is 25.5. The number of carbonyl (C=O) groups excluding carboxylic acids is 1. The van der Waals surface area contributed by atoms with Crippen LogP contribution in [0.15, 0.2) is 54.4 Å². The van der Waals surface area contributed by atoms with E-state index in [1.54, 1.807) is 43.5 Å². The van der Waals surface area contributed by atoms with Crippen LogP contribution in [0.3, 0.4) is 0 Å². The van der Waals surface area contributed by atoms with Gasteiger partial charge in [-0.25, -0.2) is 4.39 Å². The van der Waals surface area contributed by atoms with Crippen LogP contribution in [0.1, 0.15) is 18.1 Å². The van der Waals surface area contributed by atoms with Crippen LogP contribution in [0.5, 0.6) is 11.5 Å². The summed E-state index contributed by atoms with van der Waals surface area (Å²) in [7, 11) is 1.58. The molecule has 0 fully saturated rings. The van der Waals surface area contributed by atoms with Crippen LogP contribution < -0.4 is 9.47 Å². The van der Waals surface area contributed by atoms with Crippen molar-refractivity contribution in [2.24, 2.45) is 0 Å². The molecule has 0 radical (unpaired) electrons. The van der Waals surface area contributed by atoms with E-state index in [1.807, 2.05) is 19.1 Å². The molecule has 0 unspecified atom stereocenters. The average Bonchev–Trinajstić information content (AvgIpc) is 2.79. The van der Waals surface area contributed by atoms with E-state index in [0.29, 0.717) is 30.2 Å². The molecule has 4 nitrogen and oxygen atoms in total. The third-order valence-electron chi connectivity index (χ3n) is 4.03. The second-order valence-electron chi connectivity index (χ2n) is 5.99. The van der Waals surface area contributed by atoms with Gasteiger partial charge in [0.05, 0.1) is 13.7 Å². The highest BCUT2D eigenvalue weighted by molar-refractivity contribution is 5.95. The SMILES string of the molecule is COc1ccc2c(c1)O[C@H](C)CN(C(=O)/C(F)=C/c1ccccc1)C2. The van der Waals surface area contributed by atoms with Crippen molar-refractivity contribution in [2.75, 3.05) is 13.7 Å². The van der Waals surface area contributed by atoms with Gasteiger partial charge >= 0.3 is 0 Å². The van der Waals surface area contributed by atoms with Crippen molar-refractivity contribution in [2.45, 2.75) is 19.6 Å². The van der Waals surface area contributed by atoms with Gasteiger partial charge < -0.3 is 14.4 Å². The van der Waals surface area contributed by atoms with E-state index in [-0.39, 0.29) is 6.10 Å². The minimum Gasteiger partial charge on any atom is -0.497 e. The quantitative estimate of drug-likeness (QED) is 0.797. The molecule has 1 amide bonds. The second kappa shape index (κ2) is 7.38. The summed E-state index contributed by atoms with van der Waals surface area (Å²) in [6.45, 7) is 2.46. The second-order valence-corrected chi connectivity index (χ2v) is 5.99. The van der Waals surface area contributed by atoms with Crippen LogP contribution in [0.2, 0.25) is 0 Å². The number of amides is 1. The maximum atomic E-state index is 14.4. The molecule has 0 saturated carbocycles. The first-order valence-corrected chi connectivity index (χ1v) is 8.12. The van der Waals surface area contributed by atoms with Crippen LogP contribution in [0.4, 0.5) is 4.39 Å². The maximum Gasteiger partial charge on any atom is 0.283 e. The Kier molecular flexibility index (Phi) is 5.03. The lowest BCUT2D eigenvalue weighted by Crippen LogP contribution is -2.36. The highest BCUT2D eigenvalue weighted by atomic mass is 19.1.